The molecule has 0 amide bonds. The normalized spacial score (nSPS) is 11.9. The Bertz CT molecular complexity index is 1210. The molecule has 0 spiro atoms. The first-order chi connectivity index (χ1) is 13.2. The minimum atomic E-state index is -4.41. The molecule has 0 saturated heterocycles. The number of nitrogens with zero attached hydrogens (tertiary/aromatic N) is 3. The van der Waals surface area contributed by atoms with Crippen LogP contribution in [0, 0.1) is 6.92 Å². The van der Waals surface area contributed by atoms with Gasteiger partial charge in [-0.25, -0.2) is 14.8 Å². The number of fused-ring (bicyclic) bond motifs is 3. The molecule has 0 aliphatic rings. The summed E-state index contributed by atoms with van der Waals surface area (Å²) in [7, 11) is 0. The van der Waals surface area contributed by atoms with Crippen LogP contribution < -0.4 is 5.32 Å². The molecule has 28 heavy (non-hydrogen) atoms. The van der Waals surface area contributed by atoms with E-state index in [1.165, 1.54) is 24.3 Å². The number of alkyl halides is 3. The fourth-order valence-electron chi connectivity index (χ4n) is 2.92. The summed E-state index contributed by atoms with van der Waals surface area (Å²) < 4.78 is 39.9. The van der Waals surface area contributed by atoms with Crippen molar-refractivity contribution in [2.45, 2.75) is 13.1 Å². The molecule has 4 aromatic rings. The Morgan fingerprint density at radius 1 is 1.11 bits per heavy atom. The van der Waals surface area contributed by atoms with E-state index in [9.17, 15) is 23.1 Å². The largest absolute Gasteiger partial charge is 0.478 e. The topological polar surface area (TPSA) is 79.5 Å². The number of hydrogen-bond acceptors (Lipinski definition) is 4. The van der Waals surface area contributed by atoms with Crippen molar-refractivity contribution < 1.29 is 23.1 Å². The van der Waals surface area contributed by atoms with Crippen molar-refractivity contribution in [2.75, 3.05) is 5.32 Å². The molecule has 2 aromatic heterocycles. The second-order valence-corrected chi connectivity index (χ2v) is 6.25. The lowest BCUT2D eigenvalue weighted by molar-refractivity contribution is -0.137. The lowest BCUT2D eigenvalue weighted by Crippen LogP contribution is -2.06. The molecule has 0 fully saturated rings. The van der Waals surface area contributed by atoms with Crippen LogP contribution in [0.5, 0.6) is 0 Å². The summed E-state index contributed by atoms with van der Waals surface area (Å²) in [6.45, 7) is 1.80. The van der Waals surface area contributed by atoms with Gasteiger partial charge in [0.15, 0.2) is 0 Å². The molecule has 0 aliphatic carbocycles. The quantitative estimate of drug-likeness (QED) is 0.536. The zero-order valence-corrected chi connectivity index (χ0v) is 14.4. The summed E-state index contributed by atoms with van der Waals surface area (Å²) in [6, 6.07) is 9.09. The van der Waals surface area contributed by atoms with Gasteiger partial charge in [0.05, 0.1) is 22.3 Å². The number of aromatic nitrogens is 3. The first-order valence-electron chi connectivity index (χ1n) is 8.19. The molecule has 0 saturated carbocycles. The molecular weight excluding hydrogens is 373 g/mol. The van der Waals surface area contributed by atoms with Crippen LogP contribution in [0.2, 0.25) is 0 Å². The number of rotatable bonds is 3. The van der Waals surface area contributed by atoms with Gasteiger partial charge >= 0.3 is 12.1 Å². The molecule has 0 bridgehead atoms. The third kappa shape index (κ3) is 3.11. The van der Waals surface area contributed by atoms with Gasteiger partial charge in [-0.2, -0.15) is 13.2 Å². The average molecular weight is 386 g/mol. The van der Waals surface area contributed by atoms with Gasteiger partial charge in [-0.3, -0.25) is 4.40 Å². The van der Waals surface area contributed by atoms with Crippen LogP contribution in [0.25, 0.3) is 16.6 Å². The van der Waals surface area contributed by atoms with Crippen molar-refractivity contribution >= 4 is 34.2 Å². The maximum absolute atomic E-state index is 12.7. The molecule has 0 unspecified atom stereocenters. The molecule has 2 N–H and O–H groups in total. The molecule has 2 aromatic carbocycles. The van der Waals surface area contributed by atoms with E-state index in [1.807, 2.05) is 0 Å². The van der Waals surface area contributed by atoms with Gasteiger partial charge < -0.3 is 10.4 Å². The lowest BCUT2D eigenvalue weighted by Gasteiger charge is -2.12. The molecule has 6 nitrogen and oxygen atoms in total. The number of aryl methyl sites for hydroxylation is 1. The summed E-state index contributed by atoms with van der Waals surface area (Å²) in [5, 5.41) is 12.8. The molecule has 0 radical (unpaired) electrons. The van der Waals surface area contributed by atoms with Gasteiger partial charge in [0.1, 0.15) is 5.65 Å². The van der Waals surface area contributed by atoms with Crippen LogP contribution in [0.4, 0.5) is 24.8 Å². The molecular formula is C19H13F3N4O2. The zero-order valence-electron chi connectivity index (χ0n) is 14.4. The van der Waals surface area contributed by atoms with Gasteiger partial charge in [-0.1, -0.05) is 0 Å². The number of nitrogens with one attached hydrogen (secondary N) is 1. The number of benzene rings is 2. The van der Waals surface area contributed by atoms with Crippen molar-refractivity contribution in [3.05, 3.63) is 65.5 Å². The summed E-state index contributed by atoms with van der Waals surface area (Å²) in [5.74, 6) is -0.772. The van der Waals surface area contributed by atoms with Crippen molar-refractivity contribution in [3.8, 4) is 0 Å². The van der Waals surface area contributed by atoms with Crippen LogP contribution in [-0.4, -0.2) is 25.4 Å². The summed E-state index contributed by atoms with van der Waals surface area (Å²) in [6.07, 6.45) is -2.68. The standard InChI is InChI=1S/C19H13F3N4O2/c1-10-9-26-16(23-10)14-7-2-11(17(27)28)8-15(14)25-18(26)24-13-5-3-12(4-6-13)19(20,21)22/h2-9H,1H3,(H,24,25)(H,27,28). The summed E-state index contributed by atoms with van der Waals surface area (Å²) in [5.41, 5.74) is 1.42. The van der Waals surface area contributed by atoms with E-state index in [1.54, 1.807) is 23.6 Å². The van der Waals surface area contributed by atoms with Gasteiger partial charge in [0.2, 0.25) is 5.95 Å². The smallest absolute Gasteiger partial charge is 0.416 e. The van der Waals surface area contributed by atoms with Crippen LogP contribution in [-0.2, 0) is 6.18 Å². The second-order valence-electron chi connectivity index (χ2n) is 6.25. The Morgan fingerprint density at radius 3 is 2.46 bits per heavy atom. The van der Waals surface area contributed by atoms with E-state index in [4.69, 9.17) is 0 Å². The van der Waals surface area contributed by atoms with E-state index >= 15 is 0 Å². The molecule has 0 aliphatic heterocycles. The van der Waals surface area contributed by atoms with Gasteiger partial charge in [-0.05, 0) is 49.4 Å². The van der Waals surface area contributed by atoms with Crippen LogP contribution in [0.3, 0.4) is 0 Å². The molecule has 142 valence electrons. The van der Waals surface area contributed by atoms with Gasteiger partial charge in [0.25, 0.3) is 0 Å². The van der Waals surface area contributed by atoms with E-state index in [0.29, 0.717) is 33.9 Å². The Balaban J connectivity index is 1.83. The van der Waals surface area contributed by atoms with Gasteiger partial charge in [0, 0.05) is 17.3 Å². The predicted octanol–water partition coefficient (Wildman–Crippen LogP) is 4.65. The predicted molar refractivity (Wildman–Crippen MR) is 96.9 cm³/mol. The summed E-state index contributed by atoms with van der Waals surface area (Å²) >= 11 is 0. The highest BCUT2D eigenvalue weighted by molar-refractivity contribution is 5.98. The zero-order chi connectivity index (χ0) is 20.1. The van der Waals surface area contributed by atoms with E-state index in [2.05, 4.69) is 15.3 Å². The van der Waals surface area contributed by atoms with Crippen LogP contribution in [0.15, 0.2) is 48.7 Å². The van der Waals surface area contributed by atoms with E-state index < -0.39 is 17.7 Å². The van der Waals surface area contributed by atoms with E-state index in [0.717, 1.165) is 12.1 Å². The molecule has 4 rings (SSSR count). The van der Waals surface area contributed by atoms with E-state index in [-0.39, 0.29) is 5.56 Å². The SMILES string of the molecule is Cc1cn2c(Nc3ccc(C(F)(F)F)cc3)nc3cc(C(=O)O)ccc3c2n1. The maximum atomic E-state index is 12.7. The number of halogens is 3. The molecule has 0 atom stereocenters. The molecule has 9 heteroatoms. The highest BCUT2D eigenvalue weighted by atomic mass is 19.4. The van der Waals surface area contributed by atoms with Crippen molar-refractivity contribution in [1.82, 2.24) is 14.4 Å². The Labute approximate surface area is 156 Å². The van der Waals surface area contributed by atoms with Crippen LogP contribution >= 0.6 is 0 Å². The number of carbonyl (C=O) groups is 1. The summed E-state index contributed by atoms with van der Waals surface area (Å²) in [4.78, 5) is 20.1. The maximum Gasteiger partial charge on any atom is 0.416 e. The Morgan fingerprint density at radius 2 is 1.82 bits per heavy atom. The highest BCUT2D eigenvalue weighted by Gasteiger charge is 2.30. The Kier molecular flexibility index (Phi) is 3.95. The average Bonchev–Trinajstić information content (AvgIpc) is 3.03. The van der Waals surface area contributed by atoms with Crippen molar-refractivity contribution in [2.24, 2.45) is 0 Å². The number of carboxylic acids is 1. The second kappa shape index (κ2) is 6.22. The number of imidazole rings is 1. The third-order valence-electron chi connectivity index (χ3n) is 4.23. The first-order valence-corrected chi connectivity index (χ1v) is 8.19. The Hall–Kier alpha value is -3.62. The number of anilines is 2. The minimum absolute atomic E-state index is 0.0770. The van der Waals surface area contributed by atoms with Crippen molar-refractivity contribution in [1.29, 1.82) is 0 Å². The number of aromatic carboxylic acids is 1. The molecule has 2 heterocycles. The highest BCUT2D eigenvalue weighted by Crippen LogP contribution is 2.31. The number of hydrogen-bond donors (Lipinski definition) is 2. The number of carboxylic acid groups (broad SMARTS) is 1. The van der Waals surface area contributed by atoms with Crippen molar-refractivity contribution in [3.63, 3.8) is 0 Å². The minimum Gasteiger partial charge on any atom is -0.478 e. The monoisotopic (exact) mass is 386 g/mol. The fraction of sp³-hybridized carbons (Fsp3) is 0.105. The lowest BCUT2D eigenvalue weighted by atomic mass is 10.1. The first kappa shape index (κ1) is 17.8. The third-order valence-corrected chi connectivity index (χ3v) is 4.23. The van der Waals surface area contributed by atoms with Crippen LogP contribution in [0.1, 0.15) is 21.6 Å². The van der Waals surface area contributed by atoms with Gasteiger partial charge in [-0.15, -0.1) is 0 Å². The fourth-order valence-corrected chi connectivity index (χ4v) is 2.92.